The summed E-state index contributed by atoms with van der Waals surface area (Å²) in [5, 5.41) is 11.5. The molecule has 16 nitrogen and oxygen atoms in total. The van der Waals surface area contributed by atoms with Gasteiger partial charge in [-0.25, -0.2) is 0 Å². The van der Waals surface area contributed by atoms with E-state index in [1.165, 1.54) is 4.91 Å². The maximum absolute atomic E-state index is 10.4. The Bertz CT molecular complexity index is 547. The monoisotopic (exact) mass is 576 g/mol. The molecular weight excluding hydrogens is 527 g/mol. The minimum Gasteiger partial charge on any atom is -0.394 e. The van der Waals surface area contributed by atoms with Gasteiger partial charge in [0, 0.05) is 32.8 Å². The van der Waals surface area contributed by atoms with E-state index < -0.39 is 10.1 Å². The molecule has 0 heterocycles. The second-order valence-corrected chi connectivity index (χ2v) is 6.75. The maximum atomic E-state index is 10.4. The zero-order valence-electron chi connectivity index (χ0n) is 20.7. The number of nitrogens with zero attached hydrogens (tertiary/aromatic N) is 6. The van der Waals surface area contributed by atoms with Crippen molar-refractivity contribution in [2.24, 2.45) is 5.11 Å². The number of aliphatic hydroxyl groups excluding tert-OH is 1. The fourth-order valence-electron chi connectivity index (χ4n) is 1.19. The molecule has 1 N–H and O–H groups in total. The van der Waals surface area contributed by atoms with Crippen LogP contribution in [0, 0.1) is 0 Å². The van der Waals surface area contributed by atoms with Gasteiger partial charge in [-0.05, 0) is 5.53 Å². The second kappa shape index (κ2) is 55.7. The first-order chi connectivity index (χ1) is 15.8. The molecule has 0 atom stereocenters. The average molecular weight is 577 g/mol. The maximum Gasteiger partial charge on any atom is 1.00 e. The summed E-state index contributed by atoms with van der Waals surface area (Å²) in [5.41, 5.74) is 21.3. The van der Waals surface area contributed by atoms with Crippen LogP contribution < -0.4 is 29.6 Å². The van der Waals surface area contributed by atoms with E-state index >= 15 is 0 Å². The molecule has 0 rings (SSSR count). The van der Waals surface area contributed by atoms with Crippen LogP contribution >= 0.6 is 0 Å². The van der Waals surface area contributed by atoms with Crippen molar-refractivity contribution in [3.63, 3.8) is 0 Å². The Morgan fingerprint density at radius 1 is 0.703 bits per heavy atom. The Labute approximate surface area is 245 Å². The summed E-state index contributed by atoms with van der Waals surface area (Å²) in [6.07, 6.45) is 1.00. The quantitative estimate of drug-likeness (QED) is 0.0573. The van der Waals surface area contributed by atoms with Crippen molar-refractivity contribution in [2.75, 3.05) is 107 Å². The van der Waals surface area contributed by atoms with Crippen molar-refractivity contribution in [3.8, 4) is 0 Å². The van der Waals surface area contributed by atoms with E-state index in [9.17, 15) is 8.42 Å². The van der Waals surface area contributed by atoms with Crippen LogP contribution in [-0.4, -0.2) is 120 Å². The van der Waals surface area contributed by atoms with Crippen molar-refractivity contribution in [2.45, 2.75) is 22.3 Å². The first-order valence-electron chi connectivity index (χ1n) is 9.45. The molecule has 0 radical (unpaired) electrons. The van der Waals surface area contributed by atoms with Gasteiger partial charge in [0.1, 0.15) is 0 Å². The largest absolute Gasteiger partial charge is 1.00 e. The van der Waals surface area contributed by atoms with Gasteiger partial charge in [0.25, 0.3) is 10.1 Å². The number of azide groups is 1. The van der Waals surface area contributed by atoms with E-state index in [2.05, 4.69) is 18.9 Å². The SMILES string of the molecule is C.C.C.COCCOCCN=[N+]=[N-].COCCOCCO.COCCOCCOS(C)(=O)=O.[N-]=[N+]=[N-].[Na+]. The Balaban J connectivity index is -0.0000000519. The molecule has 0 amide bonds. The predicted molar refractivity (Wildman–Crippen MR) is 140 cm³/mol. The number of rotatable bonds is 18. The minimum absolute atomic E-state index is 0. The van der Waals surface area contributed by atoms with Crippen molar-refractivity contribution >= 4 is 10.1 Å². The van der Waals surface area contributed by atoms with Crippen LogP contribution in [0.4, 0.5) is 0 Å². The minimum atomic E-state index is -3.33. The predicted octanol–water partition coefficient (Wildman–Crippen LogP) is 0.00540. The second-order valence-electron chi connectivity index (χ2n) is 5.11. The summed E-state index contributed by atoms with van der Waals surface area (Å²) < 4.78 is 54.1. The summed E-state index contributed by atoms with van der Waals surface area (Å²) in [6.45, 7) is 4.91. The number of hydrogen-bond acceptors (Lipinski definition) is 11. The van der Waals surface area contributed by atoms with Crippen LogP contribution in [0.15, 0.2) is 5.11 Å². The van der Waals surface area contributed by atoms with Gasteiger partial charge in [-0.3, -0.25) is 9.09 Å². The normalized spacial score (nSPS) is 8.57. The summed E-state index contributed by atoms with van der Waals surface area (Å²) in [5.74, 6) is 0. The third kappa shape index (κ3) is 95.0. The molecule has 0 aliphatic rings. The summed E-state index contributed by atoms with van der Waals surface area (Å²) in [4.78, 5) is 4.07. The topological polar surface area (TPSA) is 226 Å². The molecule has 0 aromatic carbocycles. The van der Waals surface area contributed by atoms with E-state index in [0.717, 1.165) is 6.26 Å². The molecular formula is C19H49N6NaO10S. The summed E-state index contributed by atoms with van der Waals surface area (Å²) >= 11 is 0. The van der Waals surface area contributed by atoms with Gasteiger partial charge in [0.15, 0.2) is 0 Å². The molecule has 0 saturated heterocycles. The third-order valence-corrected chi connectivity index (χ3v) is 3.05. The standard InChI is InChI=1S/C6H14O5S.C5H11N3O2.C5H12O3.3CH4.N3.Na/c1-9-3-4-10-5-6-11-12(2,7)8;1-9-4-5-10-3-2-7-8-6;1-7-4-5-8-3-2-6;;;;1-3-2;/h3-6H2,1-2H3;2-5H2,1H3;6H,2-5H2,1H3;3*1H4;;/q;;;;;;-1;+1. The number of aliphatic hydroxyl groups is 1. The molecule has 0 aromatic rings. The molecule has 0 aliphatic carbocycles. The zero-order valence-corrected chi connectivity index (χ0v) is 23.5. The first-order valence-corrected chi connectivity index (χ1v) is 11.3. The van der Waals surface area contributed by atoms with Crippen molar-refractivity contribution < 1.29 is 75.7 Å². The summed E-state index contributed by atoms with van der Waals surface area (Å²) in [7, 11) is 1.46. The fourth-order valence-corrected chi connectivity index (χ4v) is 1.56. The van der Waals surface area contributed by atoms with Crippen LogP contribution in [0.5, 0.6) is 0 Å². The number of hydrogen-bond donors (Lipinski definition) is 1. The van der Waals surface area contributed by atoms with Gasteiger partial charge in [-0.1, -0.05) is 27.4 Å². The molecule has 0 saturated carbocycles. The van der Waals surface area contributed by atoms with Crippen molar-refractivity contribution in [1.82, 2.24) is 0 Å². The average Bonchev–Trinajstić information content (AvgIpc) is 2.77. The van der Waals surface area contributed by atoms with Gasteiger partial charge in [-0.2, -0.15) is 8.42 Å². The van der Waals surface area contributed by atoms with Gasteiger partial charge in [0.05, 0.1) is 78.9 Å². The van der Waals surface area contributed by atoms with E-state index in [1.54, 1.807) is 21.3 Å². The van der Waals surface area contributed by atoms with Crippen LogP contribution in [0.25, 0.3) is 26.4 Å². The molecule has 0 bridgehead atoms. The molecule has 0 fully saturated rings. The summed E-state index contributed by atoms with van der Waals surface area (Å²) in [6, 6.07) is 0. The van der Waals surface area contributed by atoms with E-state index in [1.807, 2.05) is 0 Å². The number of methoxy groups -OCH3 is 3. The first kappa shape index (κ1) is 56.4. The zero-order chi connectivity index (χ0) is 26.1. The van der Waals surface area contributed by atoms with Crippen LogP contribution in [0.2, 0.25) is 0 Å². The Morgan fingerprint density at radius 3 is 1.38 bits per heavy atom. The van der Waals surface area contributed by atoms with Gasteiger partial charge in [0.2, 0.25) is 0 Å². The number of ether oxygens (including phenoxy) is 6. The smallest absolute Gasteiger partial charge is 0.394 e. The molecule has 0 unspecified atom stereocenters. The van der Waals surface area contributed by atoms with Gasteiger partial charge < -0.3 is 44.6 Å². The third-order valence-electron chi connectivity index (χ3n) is 2.45. The molecule has 0 spiro atoms. The van der Waals surface area contributed by atoms with Crippen molar-refractivity contribution in [3.05, 3.63) is 26.4 Å². The van der Waals surface area contributed by atoms with Crippen LogP contribution in [0.1, 0.15) is 22.3 Å². The van der Waals surface area contributed by atoms with E-state index in [4.69, 9.17) is 45.4 Å². The van der Waals surface area contributed by atoms with E-state index in [0.29, 0.717) is 59.4 Å². The van der Waals surface area contributed by atoms with Crippen molar-refractivity contribution in [1.29, 1.82) is 0 Å². The van der Waals surface area contributed by atoms with Gasteiger partial charge >= 0.3 is 29.6 Å². The Morgan fingerprint density at radius 2 is 1.05 bits per heavy atom. The molecule has 37 heavy (non-hydrogen) atoms. The molecule has 222 valence electrons. The van der Waals surface area contributed by atoms with E-state index in [-0.39, 0.29) is 71.7 Å². The van der Waals surface area contributed by atoms with Crippen LogP contribution in [0.3, 0.4) is 0 Å². The van der Waals surface area contributed by atoms with Crippen LogP contribution in [-0.2, 0) is 42.7 Å². The molecule has 0 aromatic heterocycles. The molecule has 18 heteroatoms. The Hall–Kier alpha value is -0.750. The molecule has 0 aliphatic heterocycles. The fraction of sp³-hybridized carbons (Fsp3) is 1.00. The Kier molecular flexibility index (Phi) is 84.9. The van der Waals surface area contributed by atoms with Gasteiger partial charge in [-0.15, -0.1) is 0 Å².